The van der Waals surface area contributed by atoms with Gasteiger partial charge in [-0.25, -0.2) is 4.79 Å². The van der Waals surface area contributed by atoms with Gasteiger partial charge in [-0.3, -0.25) is 0 Å². The van der Waals surface area contributed by atoms with Crippen LogP contribution in [0.2, 0.25) is 0 Å². The number of esters is 1. The molecule has 4 rings (SSSR count). The molecule has 7 atom stereocenters. The van der Waals surface area contributed by atoms with Crippen molar-refractivity contribution in [2.45, 2.75) is 75.7 Å². The third-order valence-corrected chi connectivity index (χ3v) is 6.38. The second-order valence-electron chi connectivity index (χ2n) is 8.92. The Kier molecular flexibility index (Phi) is 4.12. The number of rotatable bonds is 2. The first-order chi connectivity index (χ1) is 12.1. The van der Waals surface area contributed by atoms with Crippen LogP contribution in [0.15, 0.2) is 23.8 Å². The number of hydrogen-bond donors (Lipinski definition) is 2. The molecular formula is C20H28O6. The first kappa shape index (κ1) is 18.2. The number of epoxide rings is 2. The standard InChI is InChI=1S/C20H28O6/c1-10-7-15-17(25-15)20(4,23)6-5-11-12(18(22)24-9-13(10)11)8-14(21)16-19(2,3)26-16/h8,11,13-17,21,23H,1,5-7,9H2,2-4H3/t11-,13+,14+,15-,16+,17-,20+/m1/s1. The molecule has 1 saturated carbocycles. The van der Waals surface area contributed by atoms with Crippen LogP contribution in [0.4, 0.5) is 0 Å². The minimum Gasteiger partial charge on any atom is -0.462 e. The van der Waals surface area contributed by atoms with Gasteiger partial charge in [0.1, 0.15) is 18.3 Å². The number of fused-ring (bicyclic) bond motifs is 2. The SMILES string of the molecule is C=C1C[C@H]2O[C@H]2[C@@](C)(O)CC[C@@H]2C(=C[C@H](O)[C@@H]3OC3(C)C)C(=O)OC[C@@H]12. The Morgan fingerprint density at radius 1 is 1.31 bits per heavy atom. The van der Waals surface area contributed by atoms with Crippen molar-refractivity contribution in [2.75, 3.05) is 6.61 Å². The van der Waals surface area contributed by atoms with Crippen molar-refractivity contribution in [1.29, 1.82) is 0 Å². The predicted molar refractivity (Wildman–Crippen MR) is 93.3 cm³/mol. The van der Waals surface area contributed by atoms with Crippen molar-refractivity contribution in [3.05, 3.63) is 23.8 Å². The van der Waals surface area contributed by atoms with E-state index in [0.717, 1.165) is 5.57 Å². The Morgan fingerprint density at radius 3 is 2.65 bits per heavy atom. The van der Waals surface area contributed by atoms with Crippen molar-refractivity contribution in [1.82, 2.24) is 0 Å². The van der Waals surface area contributed by atoms with Crippen molar-refractivity contribution >= 4 is 5.97 Å². The minimum absolute atomic E-state index is 0.00689. The molecule has 0 amide bonds. The van der Waals surface area contributed by atoms with E-state index in [1.807, 2.05) is 13.8 Å². The zero-order valence-corrected chi connectivity index (χ0v) is 15.6. The van der Waals surface area contributed by atoms with Crippen LogP contribution in [-0.2, 0) is 19.0 Å². The van der Waals surface area contributed by atoms with Crippen LogP contribution in [0.5, 0.6) is 0 Å². The molecular weight excluding hydrogens is 336 g/mol. The molecule has 144 valence electrons. The largest absolute Gasteiger partial charge is 0.462 e. The summed E-state index contributed by atoms with van der Waals surface area (Å²) in [5.41, 5.74) is 0.162. The van der Waals surface area contributed by atoms with E-state index < -0.39 is 17.7 Å². The van der Waals surface area contributed by atoms with Crippen molar-refractivity contribution in [2.24, 2.45) is 11.8 Å². The fourth-order valence-corrected chi connectivity index (χ4v) is 4.57. The summed E-state index contributed by atoms with van der Waals surface area (Å²) in [6.45, 7) is 10.1. The van der Waals surface area contributed by atoms with Crippen LogP contribution >= 0.6 is 0 Å². The van der Waals surface area contributed by atoms with Gasteiger partial charge in [0.2, 0.25) is 0 Å². The van der Waals surface area contributed by atoms with Crippen LogP contribution in [-0.4, -0.2) is 58.4 Å². The number of ether oxygens (including phenoxy) is 3. The van der Waals surface area contributed by atoms with E-state index in [1.54, 1.807) is 13.0 Å². The van der Waals surface area contributed by atoms with Gasteiger partial charge in [0.15, 0.2) is 0 Å². The zero-order valence-electron chi connectivity index (χ0n) is 15.6. The topological polar surface area (TPSA) is 91.8 Å². The molecule has 2 N–H and O–H groups in total. The van der Waals surface area contributed by atoms with E-state index in [1.165, 1.54) is 0 Å². The minimum atomic E-state index is -0.924. The van der Waals surface area contributed by atoms with Crippen molar-refractivity contribution in [3.63, 3.8) is 0 Å². The van der Waals surface area contributed by atoms with E-state index in [2.05, 4.69) is 6.58 Å². The molecule has 0 aromatic rings. The monoisotopic (exact) mass is 364 g/mol. The van der Waals surface area contributed by atoms with Crippen LogP contribution < -0.4 is 0 Å². The van der Waals surface area contributed by atoms with Gasteiger partial charge < -0.3 is 24.4 Å². The van der Waals surface area contributed by atoms with Crippen LogP contribution in [0.25, 0.3) is 0 Å². The molecule has 6 heteroatoms. The Balaban J connectivity index is 1.61. The molecule has 3 heterocycles. The Bertz CT molecular complexity index is 663. The number of hydrogen-bond acceptors (Lipinski definition) is 6. The average Bonchev–Trinajstić information content (AvgIpc) is 3.44. The predicted octanol–water partition coefficient (Wildman–Crippen LogP) is 1.50. The van der Waals surface area contributed by atoms with Gasteiger partial charge in [0, 0.05) is 17.4 Å². The second-order valence-corrected chi connectivity index (χ2v) is 8.92. The van der Waals surface area contributed by atoms with Gasteiger partial charge in [0.05, 0.1) is 23.9 Å². The van der Waals surface area contributed by atoms with E-state index in [4.69, 9.17) is 14.2 Å². The van der Waals surface area contributed by atoms with Gasteiger partial charge in [-0.05, 0) is 46.1 Å². The summed E-state index contributed by atoms with van der Waals surface area (Å²) in [6, 6.07) is 0. The first-order valence-corrected chi connectivity index (χ1v) is 9.40. The summed E-state index contributed by atoms with van der Waals surface area (Å²) in [5.74, 6) is -0.529. The summed E-state index contributed by atoms with van der Waals surface area (Å²) in [6.07, 6.45) is 2.04. The van der Waals surface area contributed by atoms with Gasteiger partial charge >= 0.3 is 5.97 Å². The lowest BCUT2D eigenvalue weighted by Gasteiger charge is -2.35. The first-order valence-electron chi connectivity index (χ1n) is 9.40. The Labute approximate surface area is 153 Å². The van der Waals surface area contributed by atoms with Crippen molar-refractivity contribution in [3.8, 4) is 0 Å². The molecule has 0 spiro atoms. The number of aliphatic hydroxyl groups excluding tert-OH is 1. The third-order valence-electron chi connectivity index (χ3n) is 6.38. The smallest absolute Gasteiger partial charge is 0.334 e. The maximum absolute atomic E-state index is 12.5. The molecule has 26 heavy (non-hydrogen) atoms. The summed E-state index contributed by atoms with van der Waals surface area (Å²) in [7, 11) is 0. The quantitative estimate of drug-likeness (QED) is 0.334. The summed E-state index contributed by atoms with van der Waals surface area (Å²) < 4.78 is 16.5. The molecule has 0 radical (unpaired) electrons. The van der Waals surface area contributed by atoms with Crippen molar-refractivity contribution < 1.29 is 29.2 Å². The Hall–Kier alpha value is -1.21. The maximum atomic E-state index is 12.5. The summed E-state index contributed by atoms with van der Waals surface area (Å²) in [5, 5.41) is 21.2. The summed E-state index contributed by atoms with van der Waals surface area (Å²) >= 11 is 0. The highest BCUT2D eigenvalue weighted by Gasteiger charge is 2.55. The molecule has 3 saturated heterocycles. The van der Waals surface area contributed by atoms with Gasteiger partial charge in [0.25, 0.3) is 0 Å². The number of carbonyl (C=O) groups is 1. The molecule has 4 fully saturated rings. The van der Waals surface area contributed by atoms with Crippen LogP contribution in [0.3, 0.4) is 0 Å². The lowest BCUT2D eigenvalue weighted by Crippen LogP contribution is -2.37. The van der Waals surface area contributed by atoms with Crippen LogP contribution in [0, 0.1) is 11.8 Å². The lowest BCUT2D eigenvalue weighted by molar-refractivity contribution is -0.145. The Morgan fingerprint density at radius 2 is 2.00 bits per heavy atom. The number of aliphatic hydroxyl groups is 2. The molecule has 3 aliphatic heterocycles. The van der Waals surface area contributed by atoms with E-state index in [0.29, 0.717) is 31.4 Å². The van der Waals surface area contributed by atoms with E-state index in [-0.39, 0.29) is 35.7 Å². The van der Waals surface area contributed by atoms with E-state index in [9.17, 15) is 15.0 Å². The number of cyclic esters (lactones) is 1. The van der Waals surface area contributed by atoms with Crippen LogP contribution in [0.1, 0.15) is 40.0 Å². The molecule has 0 unspecified atom stereocenters. The maximum Gasteiger partial charge on any atom is 0.334 e. The van der Waals surface area contributed by atoms with Gasteiger partial charge in [-0.2, -0.15) is 0 Å². The highest BCUT2D eigenvalue weighted by Crippen LogP contribution is 2.47. The normalized spacial score (nSPS) is 47.0. The number of carbonyl (C=O) groups excluding carboxylic acids is 1. The van der Waals surface area contributed by atoms with E-state index >= 15 is 0 Å². The zero-order chi connectivity index (χ0) is 18.9. The second kappa shape index (κ2) is 5.89. The lowest BCUT2D eigenvalue weighted by atomic mass is 9.75. The third kappa shape index (κ3) is 3.13. The average molecular weight is 364 g/mol. The van der Waals surface area contributed by atoms with Gasteiger partial charge in [-0.15, -0.1) is 0 Å². The highest BCUT2D eigenvalue weighted by molar-refractivity contribution is 5.90. The molecule has 0 aromatic carbocycles. The fourth-order valence-electron chi connectivity index (χ4n) is 4.57. The summed E-state index contributed by atoms with van der Waals surface area (Å²) in [4.78, 5) is 12.5. The molecule has 6 nitrogen and oxygen atoms in total. The molecule has 1 aliphatic carbocycles. The molecule has 0 aromatic heterocycles. The van der Waals surface area contributed by atoms with Gasteiger partial charge in [-0.1, -0.05) is 12.2 Å². The fraction of sp³-hybridized carbons (Fsp3) is 0.750. The highest BCUT2D eigenvalue weighted by atomic mass is 16.6. The molecule has 4 aliphatic rings. The molecule has 0 bridgehead atoms.